The van der Waals surface area contributed by atoms with Crippen LogP contribution in [0, 0.1) is 25.6 Å². The van der Waals surface area contributed by atoms with E-state index in [0.717, 1.165) is 46.4 Å². The minimum Gasteiger partial charge on any atom is -0.392 e. The first-order valence-corrected chi connectivity index (χ1v) is 11.2. The SMILES string of the molecule is Cc1ccnc([C@H](C2CC2)N2CCc3c(cc(CO)cc3-c3ccc(F)cc3C)C2=O)c1. The summed E-state index contributed by atoms with van der Waals surface area (Å²) in [6.45, 7) is 4.39. The normalized spacial score (nSPS) is 16.8. The number of benzene rings is 2. The Balaban J connectivity index is 1.59. The van der Waals surface area contributed by atoms with Crippen LogP contribution in [-0.4, -0.2) is 27.4 Å². The average Bonchev–Trinajstić information content (AvgIpc) is 3.60. The van der Waals surface area contributed by atoms with Crippen molar-refractivity contribution in [2.75, 3.05) is 6.54 Å². The van der Waals surface area contributed by atoms with Gasteiger partial charge in [-0.2, -0.15) is 0 Å². The number of aliphatic hydroxyl groups is 1. The van der Waals surface area contributed by atoms with Gasteiger partial charge in [-0.05, 0) is 109 Å². The zero-order valence-electron chi connectivity index (χ0n) is 18.4. The minimum atomic E-state index is -0.279. The first-order valence-electron chi connectivity index (χ1n) is 11.2. The highest BCUT2D eigenvalue weighted by Gasteiger charge is 2.41. The second kappa shape index (κ2) is 8.14. The van der Waals surface area contributed by atoms with Gasteiger partial charge in [-0.25, -0.2) is 4.39 Å². The fourth-order valence-electron chi connectivity index (χ4n) is 5.00. The van der Waals surface area contributed by atoms with E-state index in [-0.39, 0.29) is 24.4 Å². The average molecular weight is 431 g/mol. The van der Waals surface area contributed by atoms with Gasteiger partial charge in [0, 0.05) is 18.3 Å². The van der Waals surface area contributed by atoms with Crippen molar-refractivity contribution >= 4 is 5.91 Å². The zero-order chi connectivity index (χ0) is 22.4. The molecule has 0 unspecified atom stereocenters. The van der Waals surface area contributed by atoms with Gasteiger partial charge in [-0.15, -0.1) is 0 Å². The number of pyridine rings is 1. The molecule has 1 N–H and O–H groups in total. The third kappa shape index (κ3) is 3.71. The number of hydrogen-bond acceptors (Lipinski definition) is 3. The Labute approximate surface area is 187 Å². The van der Waals surface area contributed by atoms with Crippen molar-refractivity contribution in [3.8, 4) is 11.1 Å². The molecule has 3 aromatic rings. The molecule has 0 bridgehead atoms. The molecule has 2 aromatic carbocycles. The Kier molecular flexibility index (Phi) is 5.30. The van der Waals surface area contributed by atoms with Crippen LogP contribution < -0.4 is 0 Å². The van der Waals surface area contributed by atoms with Gasteiger partial charge in [0.2, 0.25) is 0 Å². The molecule has 2 heterocycles. The Morgan fingerprint density at radius 3 is 2.56 bits per heavy atom. The van der Waals surface area contributed by atoms with Crippen LogP contribution in [0.2, 0.25) is 0 Å². The van der Waals surface area contributed by atoms with Crippen molar-refractivity contribution in [1.29, 1.82) is 0 Å². The number of carbonyl (C=O) groups is 1. The summed E-state index contributed by atoms with van der Waals surface area (Å²) >= 11 is 0. The molecule has 0 saturated heterocycles. The van der Waals surface area contributed by atoms with Crippen LogP contribution in [0.15, 0.2) is 48.7 Å². The van der Waals surface area contributed by atoms with Gasteiger partial charge in [-0.1, -0.05) is 6.07 Å². The van der Waals surface area contributed by atoms with Crippen molar-refractivity contribution in [2.45, 2.75) is 45.8 Å². The third-order valence-corrected chi connectivity index (χ3v) is 6.71. The second-order valence-electron chi connectivity index (χ2n) is 9.08. The third-order valence-electron chi connectivity index (χ3n) is 6.71. The Bertz CT molecular complexity index is 1200. The highest BCUT2D eigenvalue weighted by atomic mass is 19.1. The van der Waals surface area contributed by atoms with E-state index in [1.807, 2.05) is 43.1 Å². The summed E-state index contributed by atoms with van der Waals surface area (Å²) in [4.78, 5) is 20.4. The van der Waals surface area contributed by atoms with Gasteiger partial charge < -0.3 is 10.0 Å². The summed E-state index contributed by atoms with van der Waals surface area (Å²) in [5, 5.41) is 9.90. The van der Waals surface area contributed by atoms with E-state index in [2.05, 4.69) is 11.1 Å². The topological polar surface area (TPSA) is 53.4 Å². The summed E-state index contributed by atoms with van der Waals surface area (Å²) in [7, 11) is 0. The van der Waals surface area contributed by atoms with Gasteiger partial charge in [0.05, 0.1) is 18.3 Å². The maximum atomic E-state index is 13.8. The first kappa shape index (κ1) is 20.8. The van der Waals surface area contributed by atoms with Crippen molar-refractivity contribution < 1.29 is 14.3 Å². The molecule has 1 aliphatic heterocycles. The monoisotopic (exact) mass is 430 g/mol. The van der Waals surface area contributed by atoms with Crippen molar-refractivity contribution in [3.63, 3.8) is 0 Å². The van der Waals surface area contributed by atoms with E-state index >= 15 is 0 Å². The number of nitrogens with zero attached hydrogens (tertiary/aromatic N) is 2. The van der Waals surface area contributed by atoms with Crippen LogP contribution in [0.3, 0.4) is 0 Å². The molecular weight excluding hydrogens is 403 g/mol. The summed E-state index contributed by atoms with van der Waals surface area (Å²) in [6, 6.07) is 12.5. The zero-order valence-corrected chi connectivity index (χ0v) is 18.4. The van der Waals surface area contributed by atoms with Crippen molar-refractivity contribution in [2.24, 2.45) is 5.92 Å². The number of aromatic nitrogens is 1. The van der Waals surface area contributed by atoms with E-state index < -0.39 is 0 Å². The standard InChI is InChI=1S/C27H27FN2O2/c1-16-7-9-29-25(11-16)26(19-3-4-19)30-10-8-22-23(21-6-5-20(28)12-17(21)2)13-18(15-31)14-24(22)27(30)32/h5-7,9,11-14,19,26,31H,3-4,8,10,15H2,1-2H3/t26-/m0/s1. The molecular formula is C27H27FN2O2. The van der Waals surface area contributed by atoms with E-state index in [4.69, 9.17) is 0 Å². The Morgan fingerprint density at radius 1 is 1.09 bits per heavy atom. The van der Waals surface area contributed by atoms with Gasteiger partial charge in [0.25, 0.3) is 5.91 Å². The van der Waals surface area contributed by atoms with Crippen LogP contribution in [-0.2, 0) is 13.0 Å². The molecule has 1 atom stereocenters. The van der Waals surface area contributed by atoms with Gasteiger partial charge in [0.1, 0.15) is 5.82 Å². The molecule has 5 heteroatoms. The van der Waals surface area contributed by atoms with Crippen LogP contribution in [0.25, 0.3) is 11.1 Å². The predicted molar refractivity (Wildman–Crippen MR) is 122 cm³/mol. The summed E-state index contributed by atoms with van der Waals surface area (Å²) in [5.74, 6) is 0.149. The summed E-state index contributed by atoms with van der Waals surface area (Å²) in [6.07, 6.45) is 4.75. The highest BCUT2D eigenvalue weighted by Crippen LogP contribution is 2.46. The maximum Gasteiger partial charge on any atom is 0.254 e. The molecule has 1 saturated carbocycles. The van der Waals surface area contributed by atoms with Crippen molar-refractivity contribution in [3.05, 3.63) is 88.0 Å². The number of aliphatic hydroxyl groups excluding tert-OH is 1. The number of halogens is 1. The Morgan fingerprint density at radius 2 is 1.88 bits per heavy atom. The van der Waals surface area contributed by atoms with Crippen LogP contribution >= 0.6 is 0 Å². The van der Waals surface area contributed by atoms with Crippen LogP contribution in [0.1, 0.15) is 57.2 Å². The van der Waals surface area contributed by atoms with Gasteiger partial charge in [0.15, 0.2) is 0 Å². The predicted octanol–water partition coefficient (Wildman–Crippen LogP) is 5.15. The molecule has 1 fully saturated rings. The van der Waals surface area contributed by atoms with Gasteiger partial charge in [-0.3, -0.25) is 9.78 Å². The number of hydrogen-bond donors (Lipinski definition) is 1. The quantitative estimate of drug-likeness (QED) is 0.609. The lowest BCUT2D eigenvalue weighted by molar-refractivity contribution is 0.0627. The fraction of sp³-hybridized carbons (Fsp3) is 0.333. The smallest absolute Gasteiger partial charge is 0.254 e. The molecule has 1 aromatic heterocycles. The number of carbonyl (C=O) groups excluding carboxylic acids is 1. The Hall–Kier alpha value is -3.05. The lowest BCUT2D eigenvalue weighted by atomic mass is 9.86. The molecule has 2 aliphatic rings. The summed E-state index contributed by atoms with van der Waals surface area (Å²) < 4.78 is 13.7. The summed E-state index contributed by atoms with van der Waals surface area (Å²) in [5.41, 5.74) is 7.03. The lowest BCUT2D eigenvalue weighted by Gasteiger charge is -2.36. The van der Waals surface area contributed by atoms with Crippen molar-refractivity contribution in [1.82, 2.24) is 9.88 Å². The molecule has 1 aliphatic carbocycles. The highest BCUT2D eigenvalue weighted by molar-refractivity contribution is 5.99. The van der Waals surface area contributed by atoms with Crippen LogP contribution in [0.4, 0.5) is 4.39 Å². The lowest BCUT2D eigenvalue weighted by Crippen LogP contribution is -2.41. The van der Waals surface area contributed by atoms with E-state index in [1.165, 1.54) is 12.1 Å². The number of amides is 1. The molecule has 164 valence electrons. The molecule has 0 radical (unpaired) electrons. The molecule has 32 heavy (non-hydrogen) atoms. The number of rotatable bonds is 5. The first-order chi connectivity index (χ1) is 15.5. The maximum absolute atomic E-state index is 13.8. The number of aryl methyl sites for hydroxylation is 2. The van der Waals surface area contributed by atoms with Crippen LogP contribution in [0.5, 0.6) is 0 Å². The van der Waals surface area contributed by atoms with Gasteiger partial charge >= 0.3 is 0 Å². The molecule has 1 amide bonds. The largest absolute Gasteiger partial charge is 0.392 e. The van der Waals surface area contributed by atoms with E-state index in [9.17, 15) is 14.3 Å². The van der Waals surface area contributed by atoms with E-state index in [1.54, 1.807) is 6.07 Å². The molecule has 0 spiro atoms. The minimum absolute atomic E-state index is 0.0113. The van der Waals surface area contributed by atoms with E-state index in [0.29, 0.717) is 30.0 Å². The molecule has 4 nitrogen and oxygen atoms in total. The fourth-order valence-corrected chi connectivity index (χ4v) is 5.00. The second-order valence-corrected chi connectivity index (χ2v) is 9.08. The molecule has 5 rings (SSSR count). The number of fused-ring (bicyclic) bond motifs is 1.